The third-order valence-electron chi connectivity index (χ3n) is 4.41. The van der Waals surface area contributed by atoms with E-state index in [1.54, 1.807) is 0 Å². The highest BCUT2D eigenvalue weighted by Crippen LogP contribution is 2.29. The fourth-order valence-electron chi connectivity index (χ4n) is 2.69. The zero-order valence-corrected chi connectivity index (χ0v) is 11.8. The van der Waals surface area contributed by atoms with Crippen LogP contribution in [0.15, 0.2) is 0 Å². The Morgan fingerprint density at radius 2 is 1.88 bits per heavy atom. The zero-order chi connectivity index (χ0) is 12.9. The summed E-state index contributed by atoms with van der Waals surface area (Å²) < 4.78 is 0. The van der Waals surface area contributed by atoms with Crippen molar-refractivity contribution in [3.8, 4) is 0 Å². The lowest BCUT2D eigenvalue weighted by Crippen LogP contribution is -2.45. The second-order valence-corrected chi connectivity index (χ2v) is 6.13. The van der Waals surface area contributed by atoms with Crippen LogP contribution in [0.1, 0.15) is 52.4 Å². The lowest BCUT2D eigenvalue weighted by atomic mass is 9.84. The van der Waals surface area contributed by atoms with Crippen LogP contribution in [-0.2, 0) is 0 Å². The Bertz CT molecular complexity index is 210. The van der Waals surface area contributed by atoms with E-state index in [4.69, 9.17) is 10.8 Å². The molecule has 1 atom stereocenters. The van der Waals surface area contributed by atoms with Crippen LogP contribution in [0.3, 0.4) is 0 Å². The van der Waals surface area contributed by atoms with E-state index in [9.17, 15) is 0 Å². The average Bonchev–Trinajstić information content (AvgIpc) is 2.36. The molecule has 102 valence electrons. The van der Waals surface area contributed by atoms with Crippen molar-refractivity contribution >= 4 is 0 Å². The Balaban J connectivity index is 2.27. The molecule has 0 aliphatic heterocycles. The maximum atomic E-state index is 9.14. The van der Waals surface area contributed by atoms with E-state index in [2.05, 4.69) is 18.9 Å². The highest BCUT2D eigenvalue weighted by molar-refractivity contribution is 4.82. The molecule has 1 fully saturated rings. The normalized spacial score (nSPS) is 29.3. The maximum Gasteiger partial charge on any atom is 0.0608 e. The summed E-state index contributed by atoms with van der Waals surface area (Å²) in [5.74, 6) is 0.955. The number of aliphatic hydroxyl groups excluding tert-OH is 1. The van der Waals surface area contributed by atoms with Gasteiger partial charge in [0.15, 0.2) is 0 Å². The number of rotatable bonds is 6. The van der Waals surface area contributed by atoms with Crippen LogP contribution in [0.4, 0.5) is 0 Å². The van der Waals surface area contributed by atoms with Crippen LogP contribution in [-0.4, -0.2) is 41.8 Å². The summed E-state index contributed by atoms with van der Waals surface area (Å²) in [5, 5.41) is 9.14. The molecule has 0 aromatic rings. The third kappa shape index (κ3) is 4.94. The van der Waals surface area contributed by atoms with Gasteiger partial charge in [-0.3, -0.25) is 0 Å². The van der Waals surface area contributed by atoms with Crippen molar-refractivity contribution in [3.63, 3.8) is 0 Å². The Labute approximate surface area is 106 Å². The molecule has 0 aromatic carbocycles. The third-order valence-corrected chi connectivity index (χ3v) is 4.41. The van der Waals surface area contributed by atoms with E-state index >= 15 is 0 Å². The molecule has 3 heteroatoms. The van der Waals surface area contributed by atoms with Crippen molar-refractivity contribution < 1.29 is 5.11 Å². The number of aliphatic hydroxyl groups is 1. The van der Waals surface area contributed by atoms with Crippen LogP contribution in [0.5, 0.6) is 0 Å². The smallest absolute Gasteiger partial charge is 0.0608 e. The minimum atomic E-state index is -0.422. The van der Waals surface area contributed by atoms with Crippen LogP contribution in [0.2, 0.25) is 0 Å². The van der Waals surface area contributed by atoms with Crippen molar-refractivity contribution in [1.29, 1.82) is 0 Å². The van der Waals surface area contributed by atoms with E-state index in [0.717, 1.165) is 24.9 Å². The molecule has 0 radical (unpaired) electrons. The van der Waals surface area contributed by atoms with Crippen molar-refractivity contribution in [3.05, 3.63) is 0 Å². The molecule has 0 amide bonds. The molecule has 0 spiro atoms. The van der Waals surface area contributed by atoms with Crippen LogP contribution < -0.4 is 5.73 Å². The quantitative estimate of drug-likeness (QED) is 0.749. The first-order chi connectivity index (χ1) is 7.98. The Morgan fingerprint density at radius 3 is 2.35 bits per heavy atom. The second-order valence-electron chi connectivity index (χ2n) is 6.13. The molecule has 0 saturated heterocycles. The molecule has 1 saturated carbocycles. The highest BCUT2D eigenvalue weighted by Gasteiger charge is 2.24. The first kappa shape index (κ1) is 14.9. The molecule has 0 bridgehead atoms. The van der Waals surface area contributed by atoms with Crippen molar-refractivity contribution in [2.75, 3.05) is 20.2 Å². The van der Waals surface area contributed by atoms with Gasteiger partial charge in [-0.25, -0.2) is 0 Å². The summed E-state index contributed by atoms with van der Waals surface area (Å²) in [7, 11) is 2.20. The monoisotopic (exact) mass is 242 g/mol. The fourth-order valence-corrected chi connectivity index (χ4v) is 2.69. The summed E-state index contributed by atoms with van der Waals surface area (Å²) in [6.07, 6.45) is 7.62. The van der Waals surface area contributed by atoms with E-state index < -0.39 is 5.54 Å². The van der Waals surface area contributed by atoms with Gasteiger partial charge in [-0.1, -0.05) is 13.3 Å². The molecule has 1 aliphatic rings. The SMILES string of the molecule is CCC1CCC(N(C)CCC(C)(N)CO)CC1. The van der Waals surface area contributed by atoms with Gasteiger partial charge in [0.05, 0.1) is 6.61 Å². The van der Waals surface area contributed by atoms with E-state index in [-0.39, 0.29) is 6.61 Å². The molecular weight excluding hydrogens is 212 g/mol. The van der Waals surface area contributed by atoms with Gasteiger partial charge in [-0.15, -0.1) is 0 Å². The van der Waals surface area contributed by atoms with E-state index in [1.807, 2.05) is 6.92 Å². The van der Waals surface area contributed by atoms with Gasteiger partial charge in [0.2, 0.25) is 0 Å². The minimum Gasteiger partial charge on any atom is -0.394 e. The molecule has 0 aromatic heterocycles. The Hall–Kier alpha value is -0.120. The number of hydrogen-bond donors (Lipinski definition) is 2. The van der Waals surface area contributed by atoms with E-state index in [1.165, 1.54) is 32.1 Å². The molecule has 17 heavy (non-hydrogen) atoms. The van der Waals surface area contributed by atoms with Gasteiger partial charge in [0.25, 0.3) is 0 Å². The number of hydrogen-bond acceptors (Lipinski definition) is 3. The number of nitrogens with zero attached hydrogens (tertiary/aromatic N) is 1. The van der Waals surface area contributed by atoms with Gasteiger partial charge in [0.1, 0.15) is 0 Å². The summed E-state index contributed by atoms with van der Waals surface area (Å²) in [6, 6.07) is 0.729. The van der Waals surface area contributed by atoms with Gasteiger partial charge in [-0.2, -0.15) is 0 Å². The predicted molar refractivity (Wildman–Crippen MR) is 73.0 cm³/mol. The molecule has 1 rings (SSSR count). The minimum absolute atomic E-state index is 0.0728. The fraction of sp³-hybridized carbons (Fsp3) is 1.00. The maximum absolute atomic E-state index is 9.14. The summed E-state index contributed by atoms with van der Waals surface area (Å²) in [5.41, 5.74) is 5.54. The topological polar surface area (TPSA) is 49.5 Å². The van der Waals surface area contributed by atoms with Crippen LogP contribution >= 0.6 is 0 Å². The molecule has 0 heterocycles. The Kier molecular flexibility index (Phi) is 5.90. The largest absolute Gasteiger partial charge is 0.394 e. The standard InChI is InChI=1S/C14H30N2O/c1-4-12-5-7-13(8-6-12)16(3)10-9-14(2,15)11-17/h12-13,17H,4-11,15H2,1-3H3. The lowest BCUT2D eigenvalue weighted by Gasteiger charge is -2.36. The van der Waals surface area contributed by atoms with Crippen LogP contribution in [0.25, 0.3) is 0 Å². The zero-order valence-electron chi connectivity index (χ0n) is 11.8. The first-order valence-corrected chi connectivity index (χ1v) is 7.08. The first-order valence-electron chi connectivity index (χ1n) is 7.08. The van der Waals surface area contributed by atoms with Gasteiger partial charge < -0.3 is 15.7 Å². The van der Waals surface area contributed by atoms with Gasteiger partial charge >= 0.3 is 0 Å². The van der Waals surface area contributed by atoms with Crippen molar-refractivity contribution in [2.45, 2.75) is 64.0 Å². The van der Waals surface area contributed by atoms with Crippen LogP contribution in [0, 0.1) is 5.92 Å². The van der Waals surface area contributed by atoms with E-state index in [0.29, 0.717) is 0 Å². The average molecular weight is 242 g/mol. The predicted octanol–water partition coefficient (Wildman–Crippen LogP) is 1.99. The molecule has 3 N–H and O–H groups in total. The molecule has 3 nitrogen and oxygen atoms in total. The van der Waals surface area contributed by atoms with Gasteiger partial charge in [0, 0.05) is 11.6 Å². The number of nitrogens with two attached hydrogens (primary N) is 1. The molecule has 1 aliphatic carbocycles. The van der Waals surface area contributed by atoms with Crippen molar-refractivity contribution in [1.82, 2.24) is 4.90 Å². The summed E-state index contributed by atoms with van der Waals surface area (Å²) in [6.45, 7) is 5.29. The molecule has 1 unspecified atom stereocenters. The molecular formula is C14H30N2O. The summed E-state index contributed by atoms with van der Waals surface area (Å²) >= 11 is 0. The highest BCUT2D eigenvalue weighted by atomic mass is 16.3. The van der Waals surface area contributed by atoms with Gasteiger partial charge in [-0.05, 0) is 58.5 Å². The Morgan fingerprint density at radius 1 is 1.29 bits per heavy atom. The second kappa shape index (κ2) is 6.72. The lowest BCUT2D eigenvalue weighted by molar-refractivity contribution is 0.136. The van der Waals surface area contributed by atoms with Crippen molar-refractivity contribution in [2.24, 2.45) is 11.7 Å². The summed E-state index contributed by atoms with van der Waals surface area (Å²) in [4.78, 5) is 2.44.